The molecule has 10 heteroatoms. The topological polar surface area (TPSA) is 85.4 Å². The first-order valence-electron chi connectivity index (χ1n) is 13.6. The molecule has 0 spiro atoms. The van der Waals surface area contributed by atoms with E-state index in [1.54, 1.807) is 48.2 Å². The summed E-state index contributed by atoms with van der Waals surface area (Å²) >= 11 is 11.1. The Balaban J connectivity index is 1.37. The molecule has 0 radical (unpaired) electrons. The molecule has 1 aromatic heterocycles. The fourth-order valence-electron chi connectivity index (χ4n) is 4.45. The Bertz CT molecular complexity index is 1920. The number of carbonyl (C=O) groups excluding carboxylic acids is 1. The van der Waals surface area contributed by atoms with Gasteiger partial charge in [-0.25, -0.2) is 22.9 Å². The monoisotopic (exact) mass is 706 g/mol. The molecule has 0 bridgehead atoms. The first-order valence-corrected chi connectivity index (χ1v) is 17.3. The number of halogens is 2. The van der Waals surface area contributed by atoms with Gasteiger partial charge in [0.1, 0.15) is 0 Å². The number of fused-ring (bicyclic) bond motifs is 1. The van der Waals surface area contributed by atoms with E-state index in [-0.39, 0.29) is 16.7 Å². The number of carbonyl (C=O) groups is 1. The molecule has 0 saturated heterocycles. The van der Waals surface area contributed by atoms with E-state index in [9.17, 15) is 13.2 Å². The number of rotatable bonds is 11. The maximum atomic E-state index is 13.1. The first-order chi connectivity index (χ1) is 21.2. The van der Waals surface area contributed by atoms with Gasteiger partial charge in [0, 0.05) is 32.4 Å². The number of thioether (sulfide) groups is 1. The molecule has 6 nitrogen and oxygen atoms in total. The average molecular weight is 708 g/mol. The highest BCUT2D eigenvalue weighted by molar-refractivity contribution is 9.10. The summed E-state index contributed by atoms with van der Waals surface area (Å²) in [5, 5.41) is 1.45. The summed E-state index contributed by atoms with van der Waals surface area (Å²) in [6, 6.07) is 31.4. The number of methoxy groups -OCH3 is 1. The van der Waals surface area contributed by atoms with Crippen LogP contribution in [-0.4, -0.2) is 33.0 Å². The Kier molecular flexibility index (Phi) is 10.6. The molecule has 0 aliphatic carbocycles. The van der Waals surface area contributed by atoms with Gasteiger partial charge in [-0.2, -0.15) is 0 Å². The van der Waals surface area contributed by atoms with Crippen molar-refractivity contribution in [2.24, 2.45) is 0 Å². The number of pyridine rings is 1. The Labute approximate surface area is 274 Å². The van der Waals surface area contributed by atoms with Crippen LogP contribution >= 0.6 is 39.3 Å². The Morgan fingerprint density at radius 2 is 1.73 bits per heavy atom. The van der Waals surface area contributed by atoms with Crippen LogP contribution in [0, 0.1) is 0 Å². The van der Waals surface area contributed by atoms with Crippen LogP contribution < -0.4 is 4.72 Å². The van der Waals surface area contributed by atoms with Gasteiger partial charge >= 0.3 is 5.97 Å². The highest BCUT2D eigenvalue weighted by atomic mass is 79.9. The van der Waals surface area contributed by atoms with E-state index in [1.807, 2.05) is 72.8 Å². The standard InChI is InChI=1S/C34H28BrClN2O4S2/c1-42-34(39)26-8-5-24(6-9-26)22-43-33(21-37-44(40,41)31-17-12-28(35)13-18-31)27-4-2-3-23(19-27)7-15-30-16-11-25-10-14-29(36)20-32(25)38-30/h2-20,33,37H,21-22H2,1H3/b15-7+. The number of nitrogens with one attached hydrogen (secondary N) is 1. The number of hydrogen-bond acceptors (Lipinski definition) is 6. The SMILES string of the molecule is COC(=O)c1ccc(CSC(CNS(=O)(=O)c2ccc(Br)cc2)c2cccc(/C=C/c3ccc4ccc(Cl)cc4n3)c2)cc1. The maximum Gasteiger partial charge on any atom is 0.337 e. The largest absolute Gasteiger partial charge is 0.465 e. The van der Waals surface area contributed by atoms with Gasteiger partial charge in [-0.3, -0.25) is 0 Å². The third-order valence-corrected chi connectivity index (χ3v) is 10.4. The molecule has 0 aliphatic heterocycles. The quantitative estimate of drug-likeness (QED) is 0.139. The third-order valence-electron chi connectivity index (χ3n) is 6.81. The van der Waals surface area contributed by atoms with Crippen LogP contribution in [0.5, 0.6) is 0 Å². The molecule has 44 heavy (non-hydrogen) atoms. The lowest BCUT2D eigenvalue weighted by atomic mass is 10.1. The van der Waals surface area contributed by atoms with E-state index >= 15 is 0 Å². The van der Waals surface area contributed by atoms with Gasteiger partial charge in [0.25, 0.3) is 0 Å². The molecule has 224 valence electrons. The van der Waals surface area contributed by atoms with E-state index in [0.29, 0.717) is 16.3 Å². The fourth-order valence-corrected chi connectivity index (χ4v) is 7.16. The van der Waals surface area contributed by atoms with Crippen LogP contribution in [0.4, 0.5) is 0 Å². The van der Waals surface area contributed by atoms with E-state index in [4.69, 9.17) is 21.3 Å². The average Bonchev–Trinajstić information content (AvgIpc) is 3.03. The predicted molar refractivity (Wildman–Crippen MR) is 183 cm³/mol. The Morgan fingerprint density at radius 3 is 2.48 bits per heavy atom. The van der Waals surface area contributed by atoms with Crippen LogP contribution in [0.3, 0.4) is 0 Å². The summed E-state index contributed by atoms with van der Waals surface area (Å²) in [6.07, 6.45) is 3.93. The van der Waals surface area contributed by atoms with Gasteiger partial charge in [0.2, 0.25) is 10.0 Å². The number of esters is 1. The van der Waals surface area contributed by atoms with E-state index in [1.165, 1.54) is 7.11 Å². The molecule has 0 amide bonds. The van der Waals surface area contributed by atoms with E-state index < -0.39 is 16.0 Å². The van der Waals surface area contributed by atoms with Crippen LogP contribution in [0.15, 0.2) is 112 Å². The number of benzene rings is 4. The molecular formula is C34H28BrClN2O4S2. The van der Waals surface area contributed by atoms with Crippen LogP contribution in [0.2, 0.25) is 5.02 Å². The van der Waals surface area contributed by atoms with E-state index in [0.717, 1.165) is 37.8 Å². The zero-order chi connectivity index (χ0) is 31.1. The van der Waals surface area contributed by atoms with Gasteiger partial charge in [-0.1, -0.05) is 82.1 Å². The van der Waals surface area contributed by atoms with Crippen molar-refractivity contribution in [3.63, 3.8) is 0 Å². The van der Waals surface area contributed by atoms with E-state index in [2.05, 4.69) is 26.7 Å². The number of ether oxygens (including phenoxy) is 1. The van der Waals surface area contributed by atoms with Gasteiger partial charge in [0.15, 0.2) is 0 Å². The second-order valence-corrected chi connectivity index (χ2v) is 14.2. The zero-order valence-corrected chi connectivity index (χ0v) is 27.6. The second kappa shape index (κ2) is 14.5. The molecule has 1 N–H and O–H groups in total. The van der Waals surface area contributed by atoms with Crippen molar-refractivity contribution < 1.29 is 17.9 Å². The van der Waals surface area contributed by atoms with Crippen molar-refractivity contribution >= 4 is 78.3 Å². The number of aromatic nitrogens is 1. The second-order valence-electron chi connectivity index (χ2n) is 9.87. The third kappa shape index (κ3) is 8.37. The van der Waals surface area contributed by atoms with Gasteiger partial charge in [0.05, 0.1) is 28.8 Å². The molecule has 0 aliphatic rings. The summed E-state index contributed by atoms with van der Waals surface area (Å²) in [5.74, 6) is 0.215. The summed E-state index contributed by atoms with van der Waals surface area (Å²) in [4.78, 5) is 16.7. The van der Waals surface area contributed by atoms with Crippen molar-refractivity contribution in [1.82, 2.24) is 9.71 Å². The van der Waals surface area contributed by atoms with Crippen molar-refractivity contribution in [3.05, 3.63) is 141 Å². The summed E-state index contributed by atoms with van der Waals surface area (Å²) in [6.45, 7) is 0.184. The molecule has 5 rings (SSSR count). The Hall–Kier alpha value is -3.47. The minimum absolute atomic E-state index is 0.184. The summed E-state index contributed by atoms with van der Waals surface area (Å²) < 4.78 is 34.6. The highest BCUT2D eigenvalue weighted by Crippen LogP contribution is 2.33. The molecule has 4 aromatic carbocycles. The summed E-state index contributed by atoms with van der Waals surface area (Å²) in [7, 11) is -2.37. The van der Waals surface area contributed by atoms with Crippen molar-refractivity contribution in [1.29, 1.82) is 0 Å². The predicted octanol–water partition coefficient (Wildman–Crippen LogP) is 8.56. The van der Waals surface area contributed by atoms with Crippen LogP contribution in [0.25, 0.3) is 23.1 Å². The van der Waals surface area contributed by atoms with Crippen molar-refractivity contribution in [3.8, 4) is 0 Å². The number of nitrogens with zero attached hydrogens (tertiary/aromatic N) is 1. The minimum atomic E-state index is -3.73. The molecule has 1 atom stereocenters. The smallest absolute Gasteiger partial charge is 0.337 e. The summed E-state index contributed by atoms with van der Waals surface area (Å²) in [5.41, 5.74) is 5.03. The molecule has 1 heterocycles. The lowest BCUT2D eigenvalue weighted by Gasteiger charge is -2.19. The molecule has 0 fully saturated rings. The molecule has 0 saturated carbocycles. The van der Waals surface area contributed by atoms with Gasteiger partial charge in [-0.15, -0.1) is 11.8 Å². The lowest BCUT2D eigenvalue weighted by Crippen LogP contribution is -2.27. The fraction of sp³-hybridized carbons (Fsp3) is 0.118. The van der Waals surface area contributed by atoms with Crippen LogP contribution in [-0.2, 0) is 20.5 Å². The normalized spacial score (nSPS) is 12.4. The number of hydrogen-bond donors (Lipinski definition) is 1. The van der Waals surface area contributed by atoms with Crippen LogP contribution in [0.1, 0.15) is 38.0 Å². The number of sulfonamides is 1. The van der Waals surface area contributed by atoms with Crippen molar-refractivity contribution in [2.45, 2.75) is 15.9 Å². The lowest BCUT2D eigenvalue weighted by molar-refractivity contribution is 0.0600. The maximum absolute atomic E-state index is 13.1. The molecule has 5 aromatic rings. The van der Waals surface area contributed by atoms with Gasteiger partial charge < -0.3 is 4.74 Å². The van der Waals surface area contributed by atoms with Crippen molar-refractivity contribution in [2.75, 3.05) is 13.7 Å². The zero-order valence-electron chi connectivity index (χ0n) is 23.6. The molecule has 1 unspecified atom stereocenters. The first kappa shape index (κ1) is 31.9. The minimum Gasteiger partial charge on any atom is -0.465 e. The highest BCUT2D eigenvalue weighted by Gasteiger charge is 2.19. The molecular weight excluding hydrogens is 680 g/mol. The van der Waals surface area contributed by atoms with Gasteiger partial charge in [-0.05, 0) is 77.4 Å². The Morgan fingerprint density at radius 1 is 0.977 bits per heavy atom.